The maximum Gasteiger partial charge on any atom is 0.503 e. The molecule has 1 saturated carbocycles. The topological polar surface area (TPSA) is 27.7 Å². The van der Waals surface area contributed by atoms with E-state index in [0.29, 0.717) is 11.5 Å². The molecule has 1 rings (SSSR count). The molecule has 1 fully saturated rings. The van der Waals surface area contributed by atoms with Crippen molar-refractivity contribution in [1.82, 2.24) is 0 Å². The van der Waals surface area contributed by atoms with E-state index in [-0.39, 0.29) is 0 Å². The molecule has 90 valence electrons. The van der Waals surface area contributed by atoms with Crippen molar-refractivity contribution in [1.29, 1.82) is 0 Å². The van der Waals surface area contributed by atoms with E-state index in [9.17, 15) is 0 Å². The van der Waals surface area contributed by atoms with E-state index in [0.717, 1.165) is 0 Å². The lowest BCUT2D eigenvalue weighted by atomic mass is 9.87. The Morgan fingerprint density at radius 3 is 2.00 bits per heavy atom. The summed E-state index contributed by atoms with van der Waals surface area (Å²) in [5.41, 5.74) is 0.497. The van der Waals surface area contributed by atoms with Crippen LogP contribution in [0.4, 0.5) is 0 Å². The van der Waals surface area contributed by atoms with Gasteiger partial charge in [-0.05, 0) is 12.3 Å². The summed E-state index contributed by atoms with van der Waals surface area (Å²) < 4.78 is 16.8. The van der Waals surface area contributed by atoms with E-state index >= 15 is 0 Å². The second-order valence-corrected chi connectivity index (χ2v) is 7.45. The highest BCUT2D eigenvalue weighted by Gasteiger charge is 2.50. The minimum absolute atomic E-state index is 0.497. The minimum atomic E-state index is -2.40. The van der Waals surface area contributed by atoms with Gasteiger partial charge in [0.15, 0.2) is 0 Å². The molecule has 0 heterocycles. The maximum absolute atomic E-state index is 5.60. The van der Waals surface area contributed by atoms with Crippen LogP contribution in [0.2, 0.25) is 5.54 Å². The van der Waals surface area contributed by atoms with Crippen LogP contribution < -0.4 is 0 Å². The first-order valence-electron chi connectivity index (χ1n) is 5.89. The zero-order valence-corrected chi connectivity index (χ0v) is 11.4. The highest BCUT2D eigenvalue weighted by molar-refractivity contribution is 6.62. The fourth-order valence-corrected chi connectivity index (χ4v) is 5.81. The molecule has 0 N–H and O–H groups in total. The zero-order valence-electron chi connectivity index (χ0n) is 10.4. The van der Waals surface area contributed by atoms with Crippen molar-refractivity contribution in [2.75, 3.05) is 21.3 Å². The van der Waals surface area contributed by atoms with E-state index in [4.69, 9.17) is 13.3 Å². The molecule has 0 amide bonds. The summed E-state index contributed by atoms with van der Waals surface area (Å²) in [4.78, 5) is 0. The summed E-state index contributed by atoms with van der Waals surface area (Å²) in [6.07, 6.45) is 6.32. The smallest absolute Gasteiger partial charge is 0.377 e. The lowest BCUT2D eigenvalue weighted by Gasteiger charge is -2.39. The normalized spacial score (nSPS) is 28.0. The van der Waals surface area contributed by atoms with E-state index in [1.165, 1.54) is 32.1 Å². The van der Waals surface area contributed by atoms with Crippen molar-refractivity contribution in [3.8, 4) is 0 Å². The fourth-order valence-electron chi connectivity index (χ4n) is 2.87. The second-order valence-electron chi connectivity index (χ2n) is 4.28. The molecule has 0 aromatic carbocycles. The van der Waals surface area contributed by atoms with Crippen LogP contribution in [0.3, 0.4) is 0 Å². The van der Waals surface area contributed by atoms with Crippen LogP contribution in [0.15, 0.2) is 0 Å². The molecule has 0 aromatic rings. The van der Waals surface area contributed by atoms with Gasteiger partial charge in [0.05, 0.1) is 0 Å². The predicted molar refractivity (Wildman–Crippen MR) is 62.8 cm³/mol. The molecule has 15 heavy (non-hydrogen) atoms. The third kappa shape index (κ3) is 2.61. The SMILES string of the molecule is CCC1CCCCC1[Si](OC)(OC)OC. The third-order valence-corrected chi connectivity index (χ3v) is 7.12. The van der Waals surface area contributed by atoms with E-state index in [1.54, 1.807) is 21.3 Å². The van der Waals surface area contributed by atoms with Gasteiger partial charge in [-0.3, -0.25) is 0 Å². The van der Waals surface area contributed by atoms with E-state index in [1.807, 2.05) is 0 Å². The molecule has 3 nitrogen and oxygen atoms in total. The second kappa shape index (κ2) is 5.99. The van der Waals surface area contributed by atoms with Gasteiger partial charge in [0.2, 0.25) is 0 Å². The monoisotopic (exact) mass is 232 g/mol. The molecule has 0 aliphatic heterocycles. The summed E-state index contributed by atoms with van der Waals surface area (Å²) in [6, 6.07) is 0. The van der Waals surface area contributed by atoms with Crippen molar-refractivity contribution >= 4 is 8.80 Å². The Morgan fingerprint density at radius 1 is 1.00 bits per heavy atom. The van der Waals surface area contributed by atoms with Crippen LogP contribution in [0, 0.1) is 5.92 Å². The zero-order chi connectivity index (χ0) is 11.3. The van der Waals surface area contributed by atoms with Crippen LogP contribution in [0.25, 0.3) is 0 Å². The molecule has 0 saturated heterocycles. The maximum atomic E-state index is 5.60. The van der Waals surface area contributed by atoms with Crippen molar-refractivity contribution in [2.45, 2.75) is 44.6 Å². The first-order chi connectivity index (χ1) is 7.24. The van der Waals surface area contributed by atoms with Gasteiger partial charge in [0.1, 0.15) is 0 Å². The van der Waals surface area contributed by atoms with Crippen LogP contribution in [-0.2, 0) is 13.3 Å². The van der Waals surface area contributed by atoms with Crippen molar-refractivity contribution in [3.63, 3.8) is 0 Å². The van der Waals surface area contributed by atoms with E-state index < -0.39 is 8.80 Å². The molecule has 0 spiro atoms. The lowest BCUT2D eigenvalue weighted by molar-refractivity contribution is 0.0915. The van der Waals surface area contributed by atoms with Crippen molar-refractivity contribution in [2.24, 2.45) is 5.92 Å². The largest absolute Gasteiger partial charge is 0.503 e. The molecule has 1 aliphatic rings. The number of hydrogen-bond acceptors (Lipinski definition) is 3. The Labute approximate surface area is 94.5 Å². The molecule has 0 bridgehead atoms. The van der Waals surface area contributed by atoms with Gasteiger partial charge in [0.25, 0.3) is 0 Å². The van der Waals surface area contributed by atoms with Crippen molar-refractivity contribution in [3.05, 3.63) is 0 Å². The Morgan fingerprint density at radius 2 is 1.53 bits per heavy atom. The Balaban J connectivity index is 2.79. The molecular formula is C11H24O3Si. The summed E-state index contributed by atoms with van der Waals surface area (Å²) in [5, 5.41) is 0. The highest BCUT2D eigenvalue weighted by Crippen LogP contribution is 2.43. The Kier molecular flexibility index (Phi) is 5.25. The van der Waals surface area contributed by atoms with E-state index in [2.05, 4.69) is 6.92 Å². The van der Waals surface area contributed by atoms with Gasteiger partial charge in [-0.1, -0.05) is 32.6 Å². The highest BCUT2D eigenvalue weighted by atomic mass is 28.4. The Bertz CT molecular complexity index is 174. The summed E-state index contributed by atoms with van der Waals surface area (Å²) >= 11 is 0. The van der Waals surface area contributed by atoms with Gasteiger partial charge in [-0.2, -0.15) is 0 Å². The Hall–Kier alpha value is 0.0969. The standard InChI is InChI=1S/C11H24O3Si/c1-5-10-8-6-7-9-11(10)15(12-2,13-3)14-4/h10-11H,5-9H2,1-4H3. The van der Waals surface area contributed by atoms with Crippen LogP contribution in [-0.4, -0.2) is 30.1 Å². The van der Waals surface area contributed by atoms with Crippen LogP contribution in [0.1, 0.15) is 39.0 Å². The molecule has 2 atom stereocenters. The molecule has 2 unspecified atom stereocenters. The third-order valence-electron chi connectivity index (χ3n) is 3.74. The van der Waals surface area contributed by atoms with Crippen LogP contribution in [0.5, 0.6) is 0 Å². The summed E-state index contributed by atoms with van der Waals surface area (Å²) in [7, 11) is 2.77. The van der Waals surface area contributed by atoms with Gasteiger partial charge >= 0.3 is 8.80 Å². The molecule has 0 radical (unpaired) electrons. The lowest BCUT2D eigenvalue weighted by Crippen LogP contribution is -2.50. The van der Waals surface area contributed by atoms with Crippen molar-refractivity contribution < 1.29 is 13.3 Å². The molecule has 4 heteroatoms. The van der Waals surface area contributed by atoms with Gasteiger partial charge < -0.3 is 13.3 Å². The molecule has 1 aliphatic carbocycles. The summed E-state index contributed by atoms with van der Waals surface area (Å²) in [6.45, 7) is 2.25. The average molecular weight is 232 g/mol. The summed E-state index contributed by atoms with van der Waals surface area (Å²) in [5.74, 6) is 0.713. The molecular weight excluding hydrogens is 208 g/mol. The average Bonchev–Trinajstić information content (AvgIpc) is 2.33. The van der Waals surface area contributed by atoms with Gasteiger partial charge in [0, 0.05) is 26.9 Å². The van der Waals surface area contributed by atoms with Crippen LogP contribution >= 0.6 is 0 Å². The minimum Gasteiger partial charge on any atom is -0.377 e. The number of hydrogen-bond donors (Lipinski definition) is 0. The molecule has 0 aromatic heterocycles. The van der Waals surface area contributed by atoms with Gasteiger partial charge in [-0.15, -0.1) is 0 Å². The first-order valence-corrected chi connectivity index (χ1v) is 7.69. The predicted octanol–water partition coefficient (Wildman–Crippen LogP) is 2.83. The number of rotatable bonds is 5. The first kappa shape index (κ1) is 13.2. The quantitative estimate of drug-likeness (QED) is 0.682. The van der Waals surface area contributed by atoms with Gasteiger partial charge in [-0.25, -0.2) is 0 Å². The fraction of sp³-hybridized carbons (Fsp3) is 1.00.